The molecule has 0 spiro atoms. The van der Waals surface area contributed by atoms with Crippen LogP contribution in [0.2, 0.25) is 0 Å². The lowest BCUT2D eigenvalue weighted by Crippen LogP contribution is -2.54. The van der Waals surface area contributed by atoms with Crippen molar-refractivity contribution in [1.82, 2.24) is 9.88 Å². The Morgan fingerprint density at radius 3 is 2.52 bits per heavy atom. The molecule has 0 bridgehead atoms. The van der Waals surface area contributed by atoms with Gasteiger partial charge in [-0.1, -0.05) is 12.1 Å². The Morgan fingerprint density at radius 2 is 1.79 bits per heavy atom. The van der Waals surface area contributed by atoms with Crippen molar-refractivity contribution in [3.8, 4) is 5.69 Å². The summed E-state index contributed by atoms with van der Waals surface area (Å²) in [5.41, 5.74) is 0.665. The number of carbonyl (C=O) groups is 3. The van der Waals surface area contributed by atoms with E-state index in [9.17, 15) is 29.6 Å². The molecule has 2 aromatic carbocycles. The quantitative estimate of drug-likeness (QED) is 0.196. The average molecular weight is 462 g/mol. The first-order valence-corrected chi connectivity index (χ1v) is 9.84. The summed E-state index contributed by atoms with van der Waals surface area (Å²) in [6, 6.07) is 14.8. The number of non-ortho nitro benzene ring substituents is 1. The minimum Gasteiger partial charge on any atom is -0.478 e. The maximum absolute atomic E-state index is 13.2. The zero-order chi connectivity index (χ0) is 23.7. The molecular formula is C22H14N4O6S. The maximum Gasteiger partial charge on any atom is 0.335 e. The molecular weight excluding hydrogens is 448 g/mol. The van der Waals surface area contributed by atoms with Crippen molar-refractivity contribution in [1.29, 1.82) is 0 Å². The molecule has 33 heavy (non-hydrogen) atoms. The number of nitrogens with zero attached hydrogens (tertiary/aromatic N) is 3. The molecule has 10 nitrogen and oxygen atoms in total. The number of thiocarbonyl (C=S) groups is 1. The van der Waals surface area contributed by atoms with Crippen LogP contribution < -0.4 is 10.2 Å². The molecule has 0 aliphatic carbocycles. The summed E-state index contributed by atoms with van der Waals surface area (Å²) in [5.74, 6) is -2.64. The molecule has 11 heteroatoms. The van der Waals surface area contributed by atoms with Gasteiger partial charge in [0.1, 0.15) is 5.57 Å². The van der Waals surface area contributed by atoms with E-state index in [0.717, 1.165) is 4.90 Å². The van der Waals surface area contributed by atoms with Crippen molar-refractivity contribution in [2.75, 3.05) is 4.90 Å². The highest BCUT2D eigenvalue weighted by molar-refractivity contribution is 7.80. The number of hydrogen-bond acceptors (Lipinski definition) is 6. The van der Waals surface area contributed by atoms with Crippen LogP contribution in [-0.2, 0) is 9.59 Å². The van der Waals surface area contributed by atoms with E-state index in [2.05, 4.69) is 5.32 Å². The van der Waals surface area contributed by atoms with E-state index in [1.807, 2.05) is 0 Å². The molecule has 4 rings (SSSR count). The zero-order valence-electron chi connectivity index (χ0n) is 16.7. The predicted molar refractivity (Wildman–Crippen MR) is 122 cm³/mol. The van der Waals surface area contributed by atoms with Crippen LogP contribution in [0.25, 0.3) is 11.8 Å². The van der Waals surface area contributed by atoms with Gasteiger partial charge in [-0.05, 0) is 54.7 Å². The molecule has 2 amide bonds. The van der Waals surface area contributed by atoms with E-state index in [0.29, 0.717) is 11.4 Å². The lowest BCUT2D eigenvalue weighted by Gasteiger charge is -2.29. The van der Waals surface area contributed by atoms with Crippen LogP contribution in [0.3, 0.4) is 0 Å². The van der Waals surface area contributed by atoms with Gasteiger partial charge in [-0.25, -0.2) is 4.79 Å². The van der Waals surface area contributed by atoms with Crippen LogP contribution >= 0.6 is 12.2 Å². The highest BCUT2D eigenvalue weighted by atomic mass is 32.1. The Hall–Kier alpha value is -4.64. The summed E-state index contributed by atoms with van der Waals surface area (Å²) >= 11 is 5.14. The van der Waals surface area contributed by atoms with Crippen LogP contribution in [0.5, 0.6) is 0 Å². The molecule has 0 saturated carbocycles. The lowest BCUT2D eigenvalue weighted by molar-refractivity contribution is -0.384. The molecule has 1 aliphatic rings. The van der Waals surface area contributed by atoms with Gasteiger partial charge in [0.05, 0.1) is 21.9 Å². The standard InChI is InChI=1S/C22H14N4O6S/c27-19-18(12-15-8-3-9-24(15)14-5-2-7-17(11-14)26(31)32)20(28)25(22(33)23-19)16-6-1-4-13(10-16)21(29)30/h1-12H,(H,29,30)(H,23,27,33). The van der Waals surface area contributed by atoms with Gasteiger partial charge in [0.25, 0.3) is 17.5 Å². The largest absolute Gasteiger partial charge is 0.478 e. The van der Waals surface area contributed by atoms with Crippen LogP contribution in [-0.4, -0.2) is 37.5 Å². The second-order valence-corrected chi connectivity index (χ2v) is 7.28. The maximum atomic E-state index is 13.2. The third-order valence-electron chi connectivity index (χ3n) is 4.84. The number of nitro benzene ring substituents is 1. The number of carbonyl (C=O) groups excluding carboxylic acids is 2. The van der Waals surface area contributed by atoms with Gasteiger partial charge in [0.15, 0.2) is 5.11 Å². The number of benzene rings is 2. The van der Waals surface area contributed by atoms with Crippen molar-refractivity contribution in [2.45, 2.75) is 0 Å². The Kier molecular flexibility index (Phi) is 5.54. The number of rotatable bonds is 5. The topological polar surface area (TPSA) is 135 Å². The minimum absolute atomic E-state index is 0.0509. The van der Waals surface area contributed by atoms with Gasteiger partial charge in [-0.15, -0.1) is 0 Å². The van der Waals surface area contributed by atoms with E-state index in [1.165, 1.54) is 48.5 Å². The smallest absolute Gasteiger partial charge is 0.335 e. The first-order chi connectivity index (χ1) is 15.8. The molecule has 164 valence electrons. The number of aromatic carboxylic acids is 1. The van der Waals surface area contributed by atoms with Crippen molar-refractivity contribution in [2.24, 2.45) is 0 Å². The Labute approximate surface area is 191 Å². The average Bonchev–Trinajstić information content (AvgIpc) is 3.25. The van der Waals surface area contributed by atoms with Gasteiger partial charge >= 0.3 is 5.97 Å². The van der Waals surface area contributed by atoms with Crippen LogP contribution in [0.15, 0.2) is 72.4 Å². The number of anilines is 1. The predicted octanol–water partition coefficient (Wildman–Crippen LogP) is 2.92. The van der Waals surface area contributed by atoms with Gasteiger partial charge in [-0.3, -0.25) is 29.9 Å². The van der Waals surface area contributed by atoms with Crippen molar-refractivity contribution in [3.05, 3.63) is 93.8 Å². The van der Waals surface area contributed by atoms with Gasteiger partial charge in [0, 0.05) is 24.0 Å². The number of nitro groups is 1. The molecule has 2 N–H and O–H groups in total. The molecule has 3 aromatic rings. The molecule has 2 heterocycles. The van der Waals surface area contributed by atoms with Gasteiger partial charge < -0.3 is 9.67 Å². The number of aromatic nitrogens is 1. The summed E-state index contributed by atoms with van der Waals surface area (Å²) in [6.45, 7) is 0. The number of hydrogen-bond donors (Lipinski definition) is 2. The highest BCUT2D eigenvalue weighted by Crippen LogP contribution is 2.25. The SMILES string of the molecule is O=C1NC(=S)N(c2cccc(C(=O)O)c2)C(=O)C1=Cc1cccn1-c1cccc([N+](=O)[O-])c1. The third kappa shape index (κ3) is 4.12. The van der Waals surface area contributed by atoms with Crippen LogP contribution in [0.4, 0.5) is 11.4 Å². The third-order valence-corrected chi connectivity index (χ3v) is 5.13. The molecule has 1 aliphatic heterocycles. The van der Waals surface area contributed by atoms with E-state index in [4.69, 9.17) is 12.2 Å². The second kappa shape index (κ2) is 8.48. The minimum atomic E-state index is -1.18. The van der Waals surface area contributed by atoms with Gasteiger partial charge in [-0.2, -0.15) is 0 Å². The molecule has 1 fully saturated rings. The monoisotopic (exact) mass is 462 g/mol. The Bertz CT molecular complexity index is 1380. The van der Waals surface area contributed by atoms with Crippen LogP contribution in [0.1, 0.15) is 16.1 Å². The molecule has 0 unspecified atom stereocenters. The number of carboxylic acids is 1. The number of carboxylic acid groups (broad SMARTS) is 1. The summed E-state index contributed by atoms with van der Waals surface area (Å²) < 4.78 is 1.59. The van der Waals surface area contributed by atoms with Crippen molar-refractivity contribution in [3.63, 3.8) is 0 Å². The summed E-state index contributed by atoms with van der Waals surface area (Å²) in [4.78, 5) is 48.7. The van der Waals surface area contributed by atoms with Crippen molar-refractivity contribution >= 4 is 52.6 Å². The summed E-state index contributed by atoms with van der Waals surface area (Å²) in [6.07, 6.45) is 2.97. The summed E-state index contributed by atoms with van der Waals surface area (Å²) in [7, 11) is 0. The molecule has 0 atom stereocenters. The highest BCUT2D eigenvalue weighted by Gasteiger charge is 2.35. The Morgan fingerprint density at radius 1 is 1.06 bits per heavy atom. The first kappa shape index (κ1) is 21.6. The molecule has 1 saturated heterocycles. The van der Waals surface area contributed by atoms with Crippen molar-refractivity contribution < 1.29 is 24.4 Å². The van der Waals surface area contributed by atoms with E-state index in [-0.39, 0.29) is 27.6 Å². The van der Waals surface area contributed by atoms with E-state index >= 15 is 0 Å². The molecule has 0 radical (unpaired) electrons. The number of amides is 2. The fraction of sp³-hybridized carbons (Fsp3) is 0. The van der Waals surface area contributed by atoms with Crippen LogP contribution in [0, 0.1) is 10.1 Å². The zero-order valence-corrected chi connectivity index (χ0v) is 17.5. The van der Waals surface area contributed by atoms with E-state index in [1.54, 1.807) is 29.0 Å². The fourth-order valence-corrected chi connectivity index (χ4v) is 3.60. The normalized spacial score (nSPS) is 15.0. The molecule has 1 aromatic heterocycles. The number of nitrogens with one attached hydrogen (secondary N) is 1. The van der Waals surface area contributed by atoms with Gasteiger partial charge in [0.2, 0.25) is 0 Å². The second-order valence-electron chi connectivity index (χ2n) is 6.89. The fourth-order valence-electron chi connectivity index (χ4n) is 3.32. The first-order valence-electron chi connectivity index (χ1n) is 9.43. The summed E-state index contributed by atoms with van der Waals surface area (Å²) in [5, 5.41) is 22.6. The lowest BCUT2D eigenvalue weighted by atomic mass is 10.1. The Balaban J connectivity index is 1.75. The van der Waals surface area contributed by atoms with E-state index < -0.39 is 22.7 Å².